The molecule has 4 nitrogen and oxygen atoms in total. The third kappa shape index (κ3) is 3.45. The molecule has 0 aliphatic carbocycles. The van der Waals surface area contributed by atoms with Crippen LogP contribution in [0.25, 0.3) is 50.3 Å². The predicted molar refractivity (Wildman–Crippen MR) is 135 cm³/mol. The van der Waals surface area contributed by atoms with E-state index in [1.807, 2.05) is 42.5 Å². The first-order valence-electron chi connectivity index (χ1n) is 10.7. The number of hydrogen-bond donors (Lipinski definition) is 0. The summed E-state index contributed by atoms with van der Waals surface area (Å²) >= 11 is 6.30. The third-order valence-corrected chi connectivity index (χ3v) is 6.00. The topological polar surface area (TPSA) is 43.6 Å². The Morgan fingerprint density at radius 2 is 1.21 bits per heavy atom. The molecule has 0 fully saturated rings. The van der Waals surface area contributed by atoms with Crippen LogP contribution in [-0.2, 0) is 0 Å². The minimum Gasteiger partial charge on any atom is -0.309 e. The molecule has 0 saturated heterocycles. The third-order valence-electron chi connectivity index (χ3n) is 5.83. The minimum atomic E-state index is 0.182. The molecule has 33 heavy (non-hydrogen) atoms. The van der Waals surface area contributed by atoms with Crippen molar-refractivity contribution in [2.45, 2.75) is 6.92 Å². The molecule has 4 aromatic carbocycles. The Hall–Kier alpha value is -4.02. The second kappa shape index (κ2) is 7.84. The summed E-state index contributed by atoms with van der Waals surface area (Å²) in [5.74, 6) is 1.12. The quantitative estimate of drug-likeness (QED) is 0.287. The van der Waals surface area contributed by atoms with Crippen LogP contribution in [-0.4, -0.2) is 19.5 Å². The second-order valence-electron chi connectivity index (χ2n) is 8.04. The molecule has 158 valence electrons. The number of benzene rings is 4. The molecule has 6 rings (SSSR count). The largest absolute Gasteiger partial charge is 0.309 e. The van der Waals surface area contributed by atoms with E-state index in [2.05, 4.69) is 76.1 Å². The predicted octanol–water partition coefficient (Wildman–Crippen LogP) is 7.26. The lowest BCUT2D eigenvalue weighted by atomic mass is 10.1. The molecule has 0 aliphatic heterocycles. The molecule has 0 atom stereocenters. The Bertz CT molecular complexity index is 1620. The molecule has 0 amide bonds. The van der Waals surface area contributed by atoms with Gasteiger partial charge in [0, 0.05) is 27.6 Å². The van der Waals surface area contributed by atoms with Crippen molar-refractivity contribution in [2.75, 3.05) is 0 Å². The SMILES string of the molecule is Cc1ccc2c(c1)c1cc(-c3nc(Cl)nc(-c4ccccc4)n3)ccc1n2-c1ccccc1. The number of halogens is 1. The number of aromatic nitrogens is 4. The molecule has 0 radical (unpaired) electrons. The monoisotopic (exact) mass is 446 g/mol. The van der Waals surface area contributed by atoms with Gasteiger partial charge in [0.25, 0.3) is 0 Å². The Morgan fingerprint density at radius 1 is 0.606 bits per heavy atom. The van der Waals surface area contributed by atoms with Crippen LogP contribution in [0.3, 0.4) is 0 Å². The average Bonchev–Trinajstić information content (AvgIpc) is 3.17. The summed E-state index contributed by atoms with van der Waals surface area (Å²) in [5, 5.41) is 2.52. The van der Waals surface area contributed by atoms with E-state index < -0.39 is 0 Å². The van der Waals surface area contributed by atoms with E-state index in [1.54, 1.807) is 0 Å². The van der Waals surface area contributed by atoms with Crippen LogP contribution in [0.1, 0.15) is 5.56 Å². The summed E-state index contributed by atoms with van der Waals surface area (Å²) in [7, 11) is 0. The lowest BCUT2D eigenvalue weighted by molar-refractivity contribution is 1.07. The lowest BCUT2D eigenvalue weighted by Crippen LogP contribution is -1.97. The van der Waals surface area contributed by atoms with Gasteiger partial charge in [-0.15, -0.1) is 0 Å². The first-order chi connectivity index (χ1) is 16.2. The first-order valence-corrected chi connectivity index (χ1v) is 11.1. The van der Waals surface area contributed by atoms with Crippen LogP contribution in [0.15, 0.2) is 97.1 Å². The van der Waals surface area contributed by atoms with E-state index in [9.17, 15) is 0 Å². The van der Waals surface area contributed by atoms with Crippen molar-refractivity contribution in [3.63, 3.8) is 0 Å². The van der Waals surface area contributed by atoms with E-state index in [1.165, 1.54) is 10.9 Å². The van der Waals surface area contributed by atoms with E-state index in [0.717, 1.165) is 33.2 Å². The molecule has 0 N–H and O–H groups in total. The van der Waals surface area contributed by atoms with Crippen molar-refractivity contribution < 1.29 is 0 Å². The van der Waals surface area contributed by atoms with E-state index in [-0.39, 0.29) is 5.28 Å². The number of rotatable bonds is 3. The maximum absolute atomic E-state index is 6.30. The molecule has 6 aromatic rings. The van der Waals surface area contributed by atoms with Crippen molar-refractivity contribution >= 4 is 33.4 Å². The van der Waals surface area contributed by atoms with Crippen molar-refractivity contribution in [2.24, 2.45) is 0 Å². The Labute approximate surface area is 196 Å². The number of hydrogen-bond acceptors (Lipinski definition) is 3. The minimum absolute atomic E-state index is 0.182. The molecule has 0 spiro atoms. The zero-order valence-corrected chi connectivity index (χ0v) is 18.7. The summed E-state index contributed by atoms with van der Waals surface area (Å²) in [6.07, 6.45) is 0. The van der Waals surface area contributed by atoms with Gasteiger partial charge in [0.15, 0.2) is 11.6 Å². The van der Waals surface area contributed by atoms with Gasteiger partial charge in [-0.25, -0.2) is 4.98 Å². The van der Waals surface area contributed by atoms with E-state index >= 15 is 0 Å². The van der Waals surface area contributed by atoms with Crippen LogP contribution in [0.4, 0.5) is 0 Å². The summed E-state index contributed by atoms with van der Waals surface area (Å²) in [5.41, 5.74) is 6.45. The Kier molecular flexibility index (Phi) is 4.67. The van der Waals surface area contributed by atoms with Gasteiger partial charge in [0.05, 0.1) is 11.0 Å². The second-order valence-corrected chi connectivity index (χ2v) is 8.38. The number of aryl methyl sites for hydroxylation is 1. The van der Waals surface area contributed by atoms with Crippen molar-refractivity contribution in [1.82, 2.24) is 19.5 Å². The first kappa shape index (κ1) is 19.6. The summed E-state index contributed by atoms with van der Waals surface area (Å²) < 4.78 is 2.30. The normalized spacial score (nSPS) is 11.3. The fraction of sp³-hybridized carbons (Fsp3) is 0.0357. The van der Waals surface area contributed by atoms with Crippen LogP contribution >= 0.6 is 11.6 Å². The van der Waals surface area contributed by atoms with Crippen molar-refractivity contribution in [3.8, 4) is 28.5 Å². The highest BCUT2D eigenvalue weighted by Gasteiger charge is 2.15. The van der Waals surface area contributed by atoms with Crippen LogP contribution < -0.4 is 0 Å². The fourth-order valence-corrected chi connectivity index (χ4v) is 4.49. The number of para-hydroxylation sites is 1. The van der Waals surface area contributed by atoms with Gasteiger partial charge >= 0.3 is 0 Å². The van der Waals surface area contributed by atoms with E-state index in [0.29, 0.717) is 11.6 Å². The molecule has 0 aliphatic rings. The zero-order valence-electron chi connectivity index (χ0n) is 17.9. The molecular formula is C28H19ClN4. The molecule has 5 heteroatoms. The molecule has 0 unspecified atom stereocenters. The standard InChI is InChI=1S/C28H19ClN4/c1-18-12-14-24-22(16-18)23-17-20(13-15-25(23)33(24)21-10-6-3-7-11-21)27-30-26(31-28(29)32-27)19-8-4-2-5-9-19/h2-17H,1H3. The summed E-state index contributed by atoms with van der Waals surface area (Å²) in [6.45, 7) is 2.12. The zero-order chi connectivity index (χ0) is 22.4. The molecule has 2 heterocycles. The van der Waals surface area contributed by atoms with Crippen molar-refractivity contribution in [3.05, 3.63) is 108 Å². The summed E-state index contributed by atoms with van der Waals surface area (Å²) in [6, 6.07) is 33.1. The van der Waals surface area contributed by atoms with Crippen LogP contribution in [0.2, 0.25) is 5.28 Å². The van der Waals surface area contributed by atoms with Gasteiger partial charge in [-0.05, 0) is 61.0 Å². The number of fused-ring (bicyclic) bond motifs is 3. The fourth-order valence-electron chi connectivity index (χ4n) is 4.33. The highest BCUT2D eigenvalue weighted by Crippen LogP contribution is 2.35. The number of nitrogens with zero attached hydrogens (tertiary/aromatic N) is 4. The highest BCUT2D eigenvalue weighted by molar-refractivity contribution is 6.28. The summed E-state index contributed by atoms with van der Waals surface area (Å²) in [4.78, 5) is 13.5. The lowest BCUT2D eigenvalue weighted by Gasteiger charge is -2.08. The highest BCUT2D eigenvalue weighted by atomic mass is 35.5. The molecular weight excluding hydrogens is 428 g/mol. The van der Waals surface area contributed by atoms with Gasteiger partial charge in [-0.2, -0.15) is 9.97 Å². The molecule has 0 saturated carbocycles. The molecule has 0 bridgehead atoms. The smallest absolute Gasteiger partial charge is 0.226 e. The Morgan fingerprint density at radius 3 is 1.94 bits per heavy atom. The van der Waals surface area contributed by atoms with Gasteiger partial charge in [0.2, 0.25) is 5.28 Å². The average molecular weight is 447 g/mol. The maximum atomic E-state index is 6.30. The van der Waals surface area contributed by atoms with Crippen molar-refractivity contribution in [1.29, 1.82) is 0 Å². The van der Waals surface area contributed by atoms with Gasteiger partial charge < -0.3 is 4.57 Å². The van der Waals surface area contributed by atoms with Gasteiger partial charge in [0.1, 0.15) is 0 Å². The Balaban J connectivity index is 1.59. The maximum Gasteiger partial charge on any atom is 0.226 e. The van der Waals surface area contributed by atoms with Gasteiger partial charge in [-0.3, -0.25) is 0 Å². The van der Waals surface area contributed by atoms with Crippen LogP contribution in [0, 0.1) is 6.92 Å². The molecule has 2 aromatic heterocycles. The van der Waals surface area contributed by atoms with Gasteiger partial charge in [-0.1, -0.05) is 60.2 Å². The van der Waals surface area contributed by atoms with Crippen LogP contribution in [0.5, 0.6) is 0 Å². The van der Waals surface area contributed by atoms with E-state index in [4.69, 9.17) is 16.6 Å².